The number of hydrogen-bond donors (Lipinski definition) is 2. The molecule has 0 unspecified atom stereocenters. The molecule has 1 aromatic rings. The van der Waals surface area contributed by atoms with Gasteiger partial charge >= 0.3 is 0 Å². The number of benzene rings is 1. The Morgan fingerprint density at radius 2 is 2.10 bits per heavy atom. The zero-order valence-electron chi connectivity index (χ0n) is 12.5. The van der Waals surface area contributed by atoms with Crippen LogP contribution in [-0.4, -0.2) is 45.3 Å². The molecule has 116 valence electrons. The van der Waals surface area contributed by atoms with Crippen LogP contribution in [0.1, 0.15) is 18.4 Å². The first kappa shape index (κ1) is 15.9. The van der Waals surface area contributed by atoms with E-state index in [2.05, 4.69) is 10.6 Å². The Morgan fingerprint density at radius 1 is 1.38 bits per heavy atom. The first-order valence-electron chi connectivity index (χ1n) is 6.90. The van der Waals surface area contributed by atoms with Crippen molar-refractivity contribution in [3.8, 4) is 0 Å². The number of aryl methyl sites for hydroxylation is 1. The van der Waals surface area contributed by atoms with Crippen molar-refractivity contribution < 1.29 is 13.2 Å². The molecule has 1 fully saturated rings. The molecular formula is C14H21N3O3S. The fourth-order valence-electron chi connectivity index (χ4n) is 2.29. The Bertz CT molecular complexity index is 635. The van der Waals surface area contributed by atoms with E-state index in [4.69, 9.17) is 0 Å². The third-order valence-corrected chi connectivity index (χ3v) is 5.55. The van der Waals surface area contributed by atoms with Crippen LogP contribution in [-0.2, 0) is 14.8 Å². The summed E-state index contributed by atoms with van der Waals surface area (Å²) in [5.74, 6) is -0.121. The Morgan fingerprint density at radius 3 is 2.67 bits per heavy atom. The minimum absolute atomic E-state index is 0.121. The third kappa shape index (κ3) is 3.42. The lowest BCUT2D eigenvalue weighted by molar-refractivity contribution is -0.117. The van der Waals surface area contributed by atoms with Gasteiger partial charge in [0.25, 0.3) is 0 Å². The minimum atomic E-state index is -3.52. The average Bonchev–Trinajstić information content (AvgIpc) is 2.94. The first-order chi connectivity index (χ1) is 9.82. The first-order valence-corrected chi connectivity index (χ1v) is 8.34. The molecule has 0 bridgehead atoms. The van der Waals surface area contributed by atoms with Crippen LogP contribution in [0.5, 0.6) is 0 Å². The molecule has 0 radical (unpaired) electrons. The van der Waals surface area contributed by atoms with Gasteiger partial charge in [-0.1, -0.05) is 6.07 Å². The summed E-state index contributed by atoms with van der Waals surface area (Å²) in [7, 11) is -0.541. The Kier molecular flexibility index (Phi) is 4.65. The highest BCUT2D eigenvalue weighted by Gasteiger charge is 2.23. The molecule has 1 saturated heterocycles. The van der Waals surface area contributed by atoms with E-state index < -0.39 is 10.0 Å². The van der Waals surface area contributed by atoms with E-state index in [0.717, 1.165) is 19.4 Å². The monoisotopic (exact) mass is 311 g/mol. The predicted octanol–water partition coefficient (Wildman–Crippen LogP) is 0.936. The molecule has 1 aliphatic rings. The lowest BCUT2D eigenvalue weighted by atomic mass is 10.2. The maximum absolute atomic E-state index is 12.2. The van der Waals surface area contributed by atoms with E-state index >= 15 is 0 Å². The van der Waals surface area contributed by atoms with Crippen LogP contribution >= 0.6 is 0 Å². The smallest absolute Gasteiger partial charge is 0.242 e. The number of anilines is 1. The van der Waals surface area contributed by atoms with Gasteiger partial charge < -0.3 is 10.6 Å². The van der Waals surface area contributed by atoms with Gasteiger partial charge in [-0.15, -0.1) is 0 Å². The Balaban J connectivity index is 2.24. The standard InChI is InChI=1S/C14H21N3O3S/c1-10-6-7-11(9-13(10)21(19,20)17(2)3)16-14(18)12-5-4-8-15-12/h6-7,9,12,15H,4-5,8H2,1-3H3,(H,16,18)/t12-/m0/s1. The quantitative estimate of drug-likeness (QED) is 0.867. The van der Waals surface area contributed by atoms with Crippen LogP contribution in [0.3, 0.4) is 0 Å². The van der Waals surface area contributed by atoms with Crippen molar-refractivity contribution in [2.24, 2.45) is 0 Å². The van der Waals surface area contributed by atoms with Gasteiger partial charge in [0.2, 0.25) is 15.9 Å². The lowest BCUT2D eigenvalue weighted by Crippen LogP contribution is -2.35. The van der Waals surface area contributed by atoms with Crippen LogP contribution in [0.4, 0.5) is 5.69 Å². The number of hydrogen-bond acceptors (Lipinski definition) is 4. The van der Waals surface area contributed by atoms with Gasteiger partial charge in [0.1, 0.15) is 0 Å². The SMILES string of the molecule is Cc1ccc(NC(=O)[C@@H]2CCCN2)cc1S(=O)(=O)N(C)C. The van der Waals surface area contributed by atoms with E-state index in [9.17, 15) is 13.2 Å². The van der Waals surface area contributed by atoms with E-state index in [-0.39, 0.29) is 16.8 Å². The van der Waals surface area contributed by atoms with Crippen molar-refractivity contribution in [1.82, 2.24) is 9.62 Å². The molecule has 0 aromatic heterocycles. The van der Waals surface area contributed by atoms with Crippen molar-refractivity contribution >= 4 is 21.6 Å². The molecule has 1 aliphatic heterocycles. The van der Waals surface area contributed by atoms with Crippen molar-refractivity contribution in [2.75, 3.05) is 26.0 Å². The molecule has 1 amide bonds. The number of rotatable bonds is 4. The zero-order chi connectivity index (χ0) is 15.6. The number of nitrogens with zero attached hydrogens (tertiary/aromatic N) is 1. The summed E-state index contributed by atoms with van der Waals surface area (Å²) in [6, 6.07) is 4.74. The number of carbonyl (C=O) groups is 1. The molecule has 6 nitrogen and oxygen atoms in total. The fourth-order valence-corrected chi connectivity index (χ4v) is 3.43. The van der Waals surface area contributed by atoms with Gasteiger partial charge in [0.05, 0.1) is 10.9 Å². The predicted molar refractivity (Wildman–Crippen MR) is 81.7 cm³/mol. The van der Waals surface area contributed by atoms with Crippen LogP contribution in [0.25, 0.3) is 0 Å². The van der Waals surface area contributed by atoms with Gasteiger partial charge in [0.15, 0.2) is 0 Å². The second-order valence-electron chi connectivity index (χ2n) is 5.41. The molecule has 7 heteroatoms. The summed E-state index contributed by atoms with van der Waals surface area (Å²) in [4.78, 5) is 12.3. The minimum Gasteiger partial charge on any atom is -0.325 e. The fraction of sp³-hybridized carbons (Fsp3) is 0.500. The molecule has 2 rings (SSSR count). The highest BCUT2D eigenvalue weighted by Crippen LogP contribution is 2.22. The highest BCUT2D eigenvalue weighted by molar-refractivity contribution is 7.89. The van der Waals surface area contributed by atoms with Gasteiger partial charge in [-0.25, -0.2) is 12.7 Å². The molecule has 21 heavy (non-hydrogen) atoms. The summed E-state index contributed by atoms with van der Waals surface area (Å²) in [6.07, 6.45) is 1.78. The Labute approximate surface area is 125 Å². The van der Waals surface area contributed by atoms with E-state index in [1.54, 1.807) is 19.1 Å². The molecule has 0 spiro atoms. The zero-order valence-corrected chi connectivity index (χ0v) is 13.3. The molecule has 0 aliphatic carbocycles. The third-order valence-electron chi connectivity index (χ3n) is 3.59. The molecule has 0 saturated carbocycles. The summed E-state index contributed by atoms with van der Waals surface area (Å²) in [5.41, 5.74) is 1.15. The molecule has 1 aromatic carbocycles. The maximum Gasteiger partial charge on any atom is 0.242 e. The highest BCUT2D eigenvalue weighted by atomic mass is 32.2. The Hall–Kier alpha value is -1.44. The van der Waals surface area contributed by atoms with Crippen molar-refractivity contribution in [3.05, 3.63) is 23.8 Å². The van der Waals surface area contributed by atoms with E-state index in [0.29, 0.717) is 11.3 Å². The second-order valence-corrected chi connectivity index (χ2v) is 7.53. The number of amides is 1. The van der Waals surface area contributed by atoms with Gasteiger partial charge in [-0.2, -0.15) is 0 Å². The van der Waals surface area contributed by atoms with Gasteiger partial charge in [-0.05, 0) is 44.0 Å². The van der Waals surface area contributed by atoms with Gasteiger partial charge in [0, 0.05) is 19.8 Å². The van der Waals surface area contributed by atoms with Gasteiger partial charge in [-0.3, -0.25) is 4.79 Å². The topological polar surface area (TPSA) is 78.5 Å². The second kappa shape index (κ2) is 6.13. The summed E-state index contributed by atoms with van der Waals surface area (Å²) >= 11 is 0. The van der Waals surface area contributed by atoms with Crippen molar-refractivity contribution in [1.29, 1.82) is 0 Å². The van der Waals surface area contributed by atoms with E-state index in [1.807, 2.05) is 0 Å². The van der Waals surface area contributed by atoms with E-state index in [1.165, 1.54) is 24.5 Å². The van der Waals surface area contributed by atoms with Crippen LogP contribution in [0, 0.1) is 6.92 Å². The molecule has 1 atom stereocenters. The van der Waals surface area contributed by atoms with Crippen LogP contribution < -0.4 is 10.6 Å². The van der Waals surface area contributed by atoms with Crippen LogP contribution in [0.15, 0.2) is 23.1 Å². The molecular weight excluding hydrogens is 290 g/mol. The summed E-state index contributed by atoms with van der Waals surface area (Å²) in [6.45, 7) is 2.58. The van der Waals surface area contributed by atoms with Crippen molar-refractivity contribution in [2.45, 2.75) is 30.7 Å². The largest absolute Gasteiger partial charge is 0.325 e. The lowest BCUT2D eigenvalue weighted by Gasteiger charge is -2.16. The number of nitrogens with one attached hydrogen (secondary N) is 2. The maximum atomic E-state index is 12.2. The average molecular weight is 311 g/mol. The number of sulfonamides is 1. The summed E-state index contributed by atoms with van der Waals surface area (Å²) in [5, 5.41) is 5.89. The van der Waals surface area contributed by atoms with Crippen molar-refractivity contribution in [3.63, 3.8) is 0 Å². The normalized spacial score (nSPS) is 19.0. The van der Waals surface area contributed by atoms with Crippen LogP contribution in [0.2, 0.25) is 0 Å². The molecule has 1 heterocycles. The number of carbonyl (C=O) groups excluding carboxylic acids is 1. The summed E-state index contributed by atoms with van der Waals surface area (Å²) < 4.78 is 25.7. The molecule has 2 N–H and O–H groups in total.